The number of nitrogens with one attached hydrogen (secondary N) is 1. The predicted octanol–water partition coefficient (Wildman–Crippen LogP) is 4.46. The van der Waals surface area contributed by atoms with Gasteiger partial charge in [0.25, 0.3) is 0 Å². The highest BCUT2D eigenvalue weighted by molar-refractivity contribution is 5.28. The molecular formula is C19H25NO. The van der Waals surface area contributed by atoms with Crippen molar-refractivity contribution in [1.29, 1.82) is 0 Å². The molecule has 1 N–H and O–H groups in total. The van der Waals surface area contributed by atoms with Gasteiger partial charge >= 0.3 is 0 Å². The molecular weight excluding hydrogens is 258 g/mol. The molecule has 2 aromatic carbocycles. The summed E-state index contributed by atoms with van der Waals surface area (Å²) in [7, 11) is 0. The van der Waals surface area contributed by atoms with Crippen LogP contribution in [0.3, 0.4) is 0 Å². The maximum atomic E-state index is 5.83. The summed E-state index contributed by atoms with van der Waals surface area (Å²) < 4.78 is 5.83. The van der Waals surface area contributed by atoms with E-state index in [9.17, 15) is 0 Å². The molecule has 2 rings (SSSR count). The van der Waals surface area contributed by atoms with Gasteiger partial charge in [0, 0.05) is 12.1 Å². The molecule has 0 saturated heterocycles. The van der Waals surface area contributed by atoms with E-state index in [0.717, 1.165) is 12.3 Å². The Bertz CT molecular complexity index is 567. The van der Waals surface area contributed by atoms with E-state index in [-0.39, 0.29) is 5.54 Å². The Balaban J connectivity index is 1.93. The second kappa shape index (κ2) is 6.77. The zero-order chi connectivity index (χ0) is 15.3. The van der Waals surface area contributed by atoms with Crippen molar-refractivity contribution < 1.29 is 4.74 Å². The molecule has 0 spiro atoms. The Kier molecular flexibility index (Phi) is 5.03. The first-order valence-electron chi connectivity index (χ1n) is 7.45. The van der Waals surface area contributed by atoms with Crippen molar-refractivity contribution >= 4 is 0 Å². The standard InChI is InChI=1S/C19H25NO/c1-15-8-10-18(11-9-15)21-14-17-7-5-6-16(12-17)13-20-19(2,3)4/h5-12,20H,13-14H2,1-4H3. The maximum absolute atomic E-state index is 5.83. The molecule has 0 amide bonds. The average Bonchev–Trinajstić information content (AvgIpc) is 2.44. The van der Waals surface area contributed by atoms with Crippen LogP contribution in [0, 0.1) is 6.92 Å². The van der Waals surface area contributed by atoms with Gasteiger partial charge in [-0.05, 0) is 51.0 Å². The lowest BCUT2D eigenvalue weighted by molar-refractivity contribution is 0.306. The summed E-state index contributed by atoms with van der Waals surface area (Å²) in [5.41, 5.74) is 3.87. The average molecular weight is 283 g/mol. The van der Waals surface area contributed by atoms with Gasteiger partial charge in [0.2, 0.25) is 0 Å². The van der Waals surface area contributed by atoms with Crippen molar-refractivity contribution in [3.8, 4) is 5.75 Å². The number of aryl methyl sites for hydroxylation is 1. The molecule has 2 aromatic rings. The number of hydrogen-bond acceptors (Lipinski definition) is 2. The highest BCUT2D eigenvalue weighted by atomic mass is 16.5. The zero-order valence-electron chi connectivity index (χ0n) is 13.4. The van der Waals surface area contributed by atoms with Gasteiger partial charge in [-0.3, -0.25) is 0 Å². The van der Waals surface area contributed by atoms with Crippen molar-refractivity contribution in [1.82, 2.24) is 5.32 Å². The molecule has 0 aromatic heterocycles. The van der Waals surface area contributed by atoms with E-state index in [1.807, 2.05) is 12.1 Å². The van der Waals surface area contributed by atoms with Crippen LogP contribution in [0.5, 0.6) is 5.75 Å². The van der Waals surface area contributed by atoms with Crippen molar-refractivity contribution in [2.45, 2.75) is 46.4 Å². The van der Waals surface area contributed by atoms with Crippen LogP contribution in [0.1, 0.15) is 37.5 Å². The minimum absolute atomic E-state index is 0.133. The van der Waals surface area contributed by atoms with Crippen molar-refractivity contribution in [2.75, 3.05) is 0 Å². The summed E-state index contributed by atoms with van der Waals surface area (Å²) in [6.45, 7) is 10.1. The monoisotopic (exact) mass is 283 g/mol. The molecule has 0 unspecified atom stereocenters. The minimum Gasteiger partial charge on any atom is -0.489 e. The summed E-state index contributed by atoms with van der Waals surface area (Å²) in [5, 5.41) is 3.50. The lowest BCUT2D eigenvalue weighted by atomic mass is 10.1. The van der Waals surface area contributed by atoms with Gasteiger partial charge < -0.3 is 10.1 Å². The summed E-state index contributed by atoms with van der Waals surface area (Å²) >= 11 is 0. The van der Waals surface area contributed by atoms with E-state index in [2.05, 4.69) is 69.4 Å². The van der Waals surface area contributed by atoms with Gasteiger partial charge in [-0.25, -0.2) is 0 Å². The van der Waals surface area contributed by atoms with E-state index in [4.69, 9.17) is 4.74 Å². The fraction of sp³-hybridized carbons (Fsp3) is 0.368. The molecule has 0 fully saturated rings. The normalized spacial score (nSPS) is 11.4. The first-order valence-corrected chi connectivity index (χ1v) is 7.45. The molecule has 2 nitrogen and oxygen atoms in total. The van der Waals surface area contributed by atoms with Crippen molar-refractivity contribution in [3.63, 3.8) is 0 Å². The lowest BCUT2D eigenvalue weighted by Crippen LogP contribution is -2.35. The van der Waals surface area contributed by atoms with Crippen molar-refractivity contribution in [3.05, 3.63) is 65.2 Å². The van der Waals surface area contributed by atoms with Crippen LogP contribution in [0.4, 0.5) is 0 Å². The predicted molar refractivity (Wildman–Crippen MR) is 88.5 cm³/mol. The van der Waals surface area contributed by atoms with Crippen LogP contribution in [0.2, 0.25) is 0 Å². The first kappa shape index (κ1) is 15.6. The summed E-state index contributed by atoms with van der Waals surface area (Å²) in [6.07, 6.45) is 0. The summed E-state index contributed by atoms with van der Waals surface area (Å²) in [6, 6.07) is 16.7. The highest BCUT2D eigenvalue weighted by Crippen LogP contribution is 2.14. The smallest absolute Gasteiger partial charge is 0.119 e. The number of rotatable bonds is 5. The Labute approximate surface area is 128 Å². The number of hydrogen-bond donors (Lipinski definition) is 1. The third-order valence-electron chi connectivity index (χ3n) is 3.24. The van der Waals surface area contributed by atoms with E-state index in [1.54, 1.807) is 0 Å². The van der Waals surface area contributed by atoms with Crippen LogP contribution < -0.4 is 10.1 Å². The first-order chi connectivity index (χ1) is 9.92. The second-order valence-corrected chi connectivity index (χ2v) is 6.53. The molecule has 0 atom stereocenters. The largest absolute Gasteiger partial charge is 0.489 e. The van der Waals surface area contributed by atoms with Gasteiger partial charge in [-0.15, -0.1) is 0 Å². The van der Waals surface area contributed by atoms with Gasteiger partial charge in [0.1, 0.15) is 12.4 Å². The zero-order valence-corrected chi connectivity index (χ0v) is 13.4. The topological polar surface area (TPSA) is 21.3 Å². The third kappa shape index (κ3) is 5.60. The van der Waals surface area contributed by atoms with Crippen LogP contribution >= 0.6 is 0 Å². The van der Waals surface area contributed by atoms with Gasteiger partial charge in [0.05, 0.1) is 0 Å². The molecule has 21 heavy (non-hydrogen) atoms. The van der Waals surface area contributed by atoms with Gasteiger partial charge in [0.15, 0.2) is 0 Å². The van der Waals surface area contributed by atoms with Crippen LogP contribution in [-0.4, -0.2) is 5.54 Å². The summed E-state index contributed by atoms with van der Waals surface area (Å²) in [4.78, 5) is 0. The second-order valence-electron chi connectivity index (χ2n) is 6.53. The molecule has 0 heterocycles. The minimum atomic E-state index is 0.133. The fourth-order valence-electron chi connectivity index (χ4n) is 2.00. The maximum Gasteiger partial charge on any atom is 0.119 e. The van der Waals surface area contributed by atoms with Crippen molar-refractivity contribution in [2.24, 2.45) is 0 Å². The van der Waals surface area contributed by atoms with Crippen LogP contribution in [0.15, 0.2) is 48.5 Å². The van der Waals surface area contributed by atoms with E-state index in [1.165, 1.54) is 16.7 Å². The van der Waals surface area contributed by atoms with Crippen LogP contribution in [0.25, 0.3) is 0 Å². The fourth-order valence-corrected chi connectivity index (χ4v) is 2.00. The van der Waals surface area contributed by atoms with E-state index < -0.39 is 0 Å². The molecule has 0 saturated carbocycles. The summed E-state index contributed by atoms with van der Waals surface area (Å²) in [5.74, 6) is 0.916. The molecule has 0 bridgehead atoms. The van der Waals surface area contributed by atoms with E-state index >= 15 is 0 Å². The molecule has 0 aliphatic carbocycles. The third-order valence-corrected chi connectivity index (χ3v) is 3.24. The Morgan fingerprint density at radius 3 is 2.29 bits per heavy atom. The van der Waals surface area contributed by atoms with Crippen LogP contribution in [-0.2, 0) is 13.2 Å². The number of benzene rings is 2. The SMILES string of the molecule is Cc1ccc(OCc2cccc(CNC(C)(C)C)c2)cc1. The number of ether oxygens (including phenoxy) is 1. The lowest BCUT2D eigenvalue weighted by Gasteiger charge is -2.20. The van der Waals surface area contributed by atoms with Gasteiger partial charge in [-0.1, -0.05) is 42.0 Å². The van der Waals surface area contributed by atoms with Gasteiger partial charge in [-0.2, -0.15) is 0 Å². The highest BCUT2D eigenvalue weighted by Gasteiger charge is 2.08. The Morgan fingerprint density at radius 1 is 0.952 bits per heavy atom. The molecule has 112 valence electrons. The molecule has 0 aliphatic rings. The molecule has 0 radical (unpaired) electrons. The Hall–Kier alpha value is -1.80. The molecule has 0 aliphatic heterocycles. The quantitative estimate of drug-likeness (QED) is 0.874. The molecule has 2 heteroatoms. The van der Waals surface area contributed by atoms with E-state index in [0.29, 0.717) is 6.61 Å². The Morgan fingerprint density at radius 2 is 1.62 bits per heavy atom.